The number of amides is 1. The quantitative estimate of drug-likeness (QED) is 0.860. The van der Waals surface area contributed by atoms with E-state index in [1.165, 1.54) is 6.20 Å². The third-order valence-electron chi connectivity index (χ3n) is 3.31. The van der Waals surface area contributed by atoms with Gasteiger partial charge in [0.2, 0.25) is 0 Å². The monoisotopic (exact) mass is 293 g/mol. The first-order valence-corrected chi connectivity index (χ1v) is 7.16. The topological polar surface area (TPSA) is 65.9 Å². The van der Waals surface area contributed by atoms with Crippen molar-refractivity contribution in [3.63, 3.8) is 0 Å². The van der Waals surface area contributed by atoms with E-state index >= 15 is 0 Å². The van der Waals surface area contributed by atoms with E-state index in [0.29, 0.717) is 19.6 Å². The number of aromatic nitrogens is 1. The molecule has 0 spiro atoms. The smallest absolute Gasteiger partial charge is 0.410 e. The van der Waals surface area contributed by atoms with Gasteiger partial charge in [0.25, 0.3) is 0 Å². The molecule has 2 heterocycles. The van der Waals surface area contributed by atoms with Gasteiger partial charge in [-0.15, -0.1) is 0 Å². The summed E-state index contributed by atoms with van der Waals surface area (Å²) in [6.07, 6.45) is 1.16. The molecule has 0 bridgehead atoms. The van der Waals surface area contributed by atoms with Crippen LogP contribution in [-0.2, 0) is 4.74 Å². The van der Waals surface area contributed by atoms with E-state index in [0.717, 1.165) is 5.82 Å². The largest absolute Gasteiger partial charge is 0.506 e. The molecule has 0 unspecified atom stereocenters. The molecule has 1 aliphatic rings. The Hall–Kier alpha value is -1.98. The van der Waals surface area contributed by atoms with Gasteiger partial charge in [0.1, 0.15) is 17.2 Å². The lowest BCUT2D eigenvalue weighted by Crippen LogP contribution is -2.55. The molecule has 116 valence electrons. The van der Waals surface area contributed by atoms with Gasteiger partial charge in [0, 0.05) is 25.7 Å². The van der Waals surface area contributed by atoms with Crippen LogP contribution in [0.5, 0.6) is 5.75 Å². The standard InChI is InChI=1S/C15H23N3O3/c1-11-10-17(13-6-5-12(19)9-16-13)7-8-18(11)14(20)21-15(2,3)4/h5-6,9,11,19H,7-8,10H2,1-4H3/t11-/m1/s1. The second kappa shape index (κ2) is 5.79. The van der Waals surface area contributed by atoms with Gasteiger partial charge < -0.3 is 19.6 Å². The number of hydrogen-bond donors (Lipinski definition) is 1. The number of carbonyl (C=O) groups is 1. The summed E-state index contributed by atoms with van der Waals surface area (Å²) in [6.45, 7) is 9.58. The first-order valence-electron chi connectivity index (χ1n) is 7.16. The number of piperazine rings is 1. The SMILES string of the molecule is C[C@@H]1CN(c2ccc(O)cn2)CCN1C(=O)OC(C)(C)C. The minimum absolute atomic E-state index is 0.0456. The van der Waals surface area contributed by atoms with Crippen molar-refractivity contribution >= 4 is 11.9 Å². The summed E-state index contributed by atoms with van der Waals surface area (Å²) in [5.41, 5.74) is -0.480. The number of pyridine rings is 1. The number of aromatic hydroxyl groups is 1. The van der Waals surface area contributed by atoms with Crippen LogP contribution in [0.1, 0.15) is 27.7 Å². The van der Waals surface area contributed by atoms with Gasteiger partial charge in [-0.25, -0.2) is 9.78 Å². The Bertz CT molecular complexity index is 496. The molecule has 21 heavy (non-hydrogen) atoms. The van der Waals surface area contributed by atoms with Crippen LogP contribution in [0.2, 0.25) is 0 Å². The third kappa shape index (κ3) is 4.00. The van der Waals surface area contributed by atoms with Gasteiger partial charge in [0.05, 0.1) is 6.20 Å². The molecule has 0 radical (unpaired) electrons. The van der Waals surface area contributed by atoms with Gasteiger partial charge in [-0.05, 0) is 39.8 Å². The summed E-state index contributed by atoms with van der Waals surface area (Å²) in [4.78, 5) is 20.2. The lowest BCUT2D eigenvalue weighted by atomic mass is 10.2. The van der Waals surface area contributed by atoms with Crippen molar-refractivity contribution in [1.82, 2.24) is 9.88 Å². The van der Waals surface area contributed by atoms with Crippen molar-refractivity contribution in [3.05, 3.63) is 18.3 Å². The summed E-state index contributed by atoms with van der Waals surface area (Å²) in [5, 5.41) is 9.28. The van der Waals surface area contributed by atoms with Crippen LogP contribution in [0, 0.1) is 0 Å². The van der Waals surface area contributed by atoms with Crippen LogP contribution in [0.15, 0.2) is 18.3 Å². The number of ether oxygens (including phenoxy) is 1. The first-order chi connectivity index (χ1) is 9.76. The van der Waals surface area contributed by atoms with Gasteiger partial charge in [-0.1, -0.05) is 0 Å². The lowest BCUT2D eigenvalue weighted by molar-refractivity contribution is 0.0158. The van der Waals surface area contributed by atoms with Gasteiger partial charge in [0.15, 0.2) is 0 Å². The number of hydrogen-bond acceptors (Lipinski definition) is 5. The highest BCUT2D eigenvalue weighted by Gasteiger charge is 2.31. The maximum Gasteiger partial charge on any atom is 0.410 e. The van der Waals surface area contributed by atoms with E-state index in [4.69, 9.17) is 4.74 Å². The van der Waals surface area contributed by atoms with E-state index in [9.17, 15) is 9.90 Å². The van der Waals surface area contributed by atoms with E-state index < -0.39 is 5.60 Å². The van der Waals surface area contributed by atoms with Crippen molar-refractivity contribution in [2.75, 3.05) is 24.5 Å². The van der Waals surface area contributed by atoms with Crippen LogP contribution in [0.4, 0.5) is 10.6 Å². The minimum atomic E-state index is -0.480. The molecule has 1 atom stereocenters. The van der Waals surface area contributed by atoms with E-state index in [1.54, 1.807) is 17.0 Å². The Morgan fingerprint density at radius 3 is 2.62 bits per heavy atom. The van der Waals surface area contributed by atoms with Crippen molar-refractivity contribution in [2.24, 2.45) is 0 Å². The Labute approximate surface area is 125 Å². The zero-order valence-electron chi connectivity index (χ0n) is 13.0. The Balaban J connectivity index is 1.99. The van der Waals surface area contributed by atoms with E-state index in [-0.39, 0.29) is 17.9 Å². The van der Waals surface area contributed by atoms with E-state index in [2.05, 4.69) is 9.88 Å². The van der Waals surface area contributed by atoms with Gasteiger partial charge in [-0.3, -0.25) is 0 Å². The number of rotatable bonds is 1. The zero-order valence-corrected chi connectivity index (χ0v) is 13.0. The first kappa shape index (κ1) is 15.4. The molecular weight excluding hydrogens is 270 g/mol. The molecule has 1 amide bonds. The summed E-state index contributed by atoms with van der Waals surface area (Å²) < 4.78 is 5.42. The normalized spacial score (nSPS) is 19.5. The average molecular weight is 293 g/mol. The molecule has 1 aromatic rings. The van der Waals surface area contributed by atoms with Crippen LogP contribution < -0.4 is 4.90 Å². The number of anilines is 1. The van der Waals surface area contributed by atoms with E-state index in [1.807, 2.05) is 27.7 Å². The second-order valence-electron chi connectivity index (χ2n) is 6.34. The molecule has 1 saturated heterocycles. The lowest BCUT2D eigenvalue weighted by Gasteiger charge is -2.40. The minimum Gasteiger partial charge on any atom is -0.506 e. The molecule has 1 aliphatic heterocycles. The molecule has 1 fully saturated rings. The van der Waals surface area contributed by atoms with Crippen molar-refractivity contribution < 1.29 is 14.6 Å². The predicted molar refractivity (Wildman–Crippen MR) is 80.5 cm³/mol. The number of carbonyl (C=O) groups excluding carboxylic acids is 1. The van der Waals surface area contributed by atoms with Gasteiger partial charge >= 0.3 is 6.09 Å². The molecule has 1 N–H and O–H groups in total. The van der Waals surface area contributed by atoms with Crippen molar-refractivity contribution in [2.45, 2.75) is 39.3 Å². The van der Waals surface area contributed by atoms with Gasteiger partial charge in [-0.2, -0.15) is 0 Å². The zero-order chi connectivity index (χ0) is 15.6. The van der Waals surface area contributed by atoms with Crippen LogP contribution in [-0.4, -0.2) is 52.4 Å². The fourth-order valence-corrected chi connectivity index (χ4v) is 2.32. The fourth-order valence-electron chi connectivity index (χ4n) is 2.32. The Morgan fingerprint density at radius 1 is 1.38 bits per heavy atom. The van der Waals surface area contributed by atoms with Crippen LogP contribution >= 0.6 is 0 Å². The Morgan fingerprint density at radius 2 is 2.10 bits per heavy atom. The molecular formula is C15H23N3O3. The summed E-state index contributed by atoms with van der Waals surface area (Å²) in [5.74, 6) is 0.961. The molecule has 2 rings (SSSR count). The average Bonchev–Trinajstić information content (AvgIpc) is 2.37. The molecule has 6 nitrogen and oxygen atoms in total. The highest BCUT2D eigenvalue weighted by Crippen LogP contribution is 2.20. The summed E-state index contributed by atoms with van der Waals surface area (Å²) in [7, 11) is 0. The number of nitrogens with zero attached hydrogens (tertiary/aromatic N) is 3. The predicted octanol–water partition coefficient (Wildman–Crippen LogP) is 2.23. The molecule has 0 aliphatic carbocycles. The van der Waals surface area contributed by atoms with Crippen LogP contribution in [0.3, 0.4) is 0 Å². The molecule has 6 heteroatoms. The maximum atomic E-state index is 12.1. The third-order valence-corrected chi connectivity index (χ3v) is 3.31. The molecule has 0 aromatic carbocycles. The van der Waals surface area contributed by atoms with Crippen LogP contribution in [0.25, 0.3) is 0 Å². The molecule has 0 saturated carbocycles. The van der Waals surface area contributed by atoms with Crippen molar-refractivity contribution in [1.29, 1.82) is 0 Å². The summed E-state index contributed by atoms with van der Waals surface area (Å²) >= 11 is 0. The maximum absolute atomic E-state index is 12.1. The summed E-state index contributed by atoms with van der Waals surface area (Å²) in [6, 6.07) is 3.45. The second-order valence-corrected chi connectivity index (χ2v) is 6.34. The molecule has 1 aromatic heterocycles. The highest BCUT2D eigenvalue weighted by molar-refractivity contribution is 5.69. The van der Waals surface area contributed by atoms with Crippen molar-refractivity contribution in [3.8, 4) is 5.75 Å². The highest BCUT2D eigenvalue weighted by atomic mass is 16.6. The fraction of sp³-hybridized carbons (Fsp3) is 0.600. The Kier molecular flexibility index (Phi) is 4.25.